The molecule has 268 valence electrons. The molecule has 5 heteroatoms. The van der Waals surface area contributed by atoms with Crippen molar-refractivity contribution in [2.75, 3.05) is 0 Å². The number of aromatic nitrogens is 5. The summed E-state index contributed by atoms with van der Waals surface area (Å²) >= 11 is 0. The van der Waals surface area contributed by atoms with Gasteiger partial charge in [0.15, 0.2) is 17.5 Å². The molecule has 0 saturated carbocycles. The number of pyridine rings is 1. The van der Waals surface area contributed by atoms with Crippen LogP contribution in [-0.2, 0) is 0 Å². The van der Waals surface area contributed by atoms with Gasteiger partial charge in [0.25, 0.3) is 0 Å². The molecule has 0 N–H and O–H groups in total. The van der Waals surface area contributed by atoms with E-state index in [2.05, 4.69) is 132 Å². The molecule has 0 aliphatic heterocycles. The molecule has 0 amide bonds. The number of para-hydroxylation sites is 2. The molecule has 0 aliphatic carbocycles. The molecule has 0 aliphatic rings. The van der Waals surface area contributed by atoms with Gasteiger partial charge in [-0.2, -0.15) is 0 Å². The van der Waals surface area contributed by atoms with Crippen molar-refractivity contribution < 1.29 is 0 Å². The van der Waals surface area contributed by atoms with Crippen LogP contribution >= 0.6 is 0 Å². The van der Waals surface area contributed by atoms with Crippen molar-refractivity contribution in [1.82, 2.24) is 24.5 Å². The van der Waals surface area contributed by atoms with Gasteiger partial charge in [0.05, 0.1) is 11.0 Å². The predicted octanol–water partition coefficient (Wildman–Crippen LogP) is 13.1. The zero-order valence-corrected chi connectivity index (χ0v) is 31.0. The quantitative estimate of drug-likeness (QED) is 0.156. The molecule has 0 spiro atoms. The Kier molecular flexibility index (Phi) is 8.38. The Labute approximate surface area is 330 Å². The van der Waals surface area contributed by atoms with Crippen LogP contribution in [0.1, 0.15) is 11.1 Å². The molecule has 3 heterocycles. The van der Waals surface area contributed by atoms with E-state index in [1.807, 2.05) is 66.7 Å². The van der Waals surface area contributed by atoms with Crippen molar-refractivity contribution in [3.8, 4) is 62.1 Å². The molecule has 10 rings (SSSR count). The van der Waals surface area contributed by atoms with E-state index < -0.39 is 0 Å². The molecule has 0 atom stereocenters. The Morgan fingerprint density at radius 1 is 0.386 bits per heavy atom. The monoisotopic (exact) mass is 729 g/mol. The minimum Gasteiger partial charge on any atom is -0.309 e. The highest BCUT2D eigenvalue weighted by molar-refractivity contribution is 6.14. The summed E-state index contributed by atoms with van der Waals surface area (Å²) in [4.78, 5) is 19.7. The average molecular weight is 730 g/mol. The second-order valence-electron chi connectivity index (χ2n) is 13.9. The fourth-order valence-corrected chi connectivity index (χ4v) is 8.15. The molecule has 5 nitrogen and oxygen atoms in total. The van der Waals surface area contributed by atoms with Crippen LogP contribution in [0.5, 0.6) is 0 Å². The van der Waals surface area contributed by atoms with Crippen LogP contribution in [0.15, 0.2) is 189 Å². The predicted molar refractivity (Wildman–Crippen MR) is 237 cm³/mol. The maximum atomic E-state index is 5.26. The third-order valence-electron chi connectivity index (χ3n) is 10.7. The van der Waals surface area contributed by atoms with Gasteiger partial charge in [-0.25, -0.2) is 15.0 Å². The molecule has 0 bridgehead atoms. The van der Waals surface area contributed by atoms with E-state index in [1.165, 1.54) is 10.8 Å². The van der Waals surface area contributed by atoms with Gasteiger partial charge in [0.2, 0.25) is 0 Å². The number of rotatable bonds is 8. The SMILES string of the molecule is C=Cc1c(C=C)c(-c2nc(-c3ccccc3)nc(-c3cccc(-c4ccncc4)c3)n2)c2ccccc2c1-c1ccc2c(c1)c1ccccc1n2-c1ccccc1. The van der Waals surface area contributed by atoms with E-state index >= 15 is 0 Å². The summed E-state index contributed by atoms with van der Waals surface area (Å²) < 4.78 is 2.34. The standard InChI is InChI=1S/C52H35N5/c1-3-40-41(4-2)49(52-55-50(35-16-7-5-8-17-35)54-51(56-52)38-19-15-18-36(32-38)34-28-30-53-31-29-34)44-24-12-11-23-43(44)48(40)37-26-27-47-45(33-37)42-22-13-14-25-46(42)57(47)39-20-9-6-10-21-39/h3-33H,1-2H2. The summed E-state index contributed by atoms with van der Waals surface area (Å²) in [6, 6.07) is 56.9. The van der Waals surface area contributed by atoms with Crippen LogP contribution < -0.4 is 0 Å². The Morgan fingerprint density at radius 2 is 0.947 bits per heavy atom. The smallest absolute Gasteiger partial charge is 0.165 e. The second kappa shape index (κ2) is 14.1. The van der Waals surface area contributed by atoms with E-state index in [0.29, 0.717) is 17.5 Å². The Morgan fingerprint density at radius 3 is 1.68 bits per heavy atom. The zero-order chi connectivity index (χ0) is 38.3. The maximum Gasteiger partial charge on any atom is 0.165 e. The lowest BCUT2D eigenvalue weighted by molar-refractivity contribution is 1.08. The summed E-state index contributed by atoms with van der Waals surface area (Å²) in [5, 5.41) is 4.46. The zero-order valence-electron chi connectivity index (χ0n) is 31.0. The molecule has 0 unspecified atom stereocenters. The van der Waals surface area contributed by atoms with Gasteiger partial charge in [-0.1, -0.05) is 141 Å². The van der Waals surface area contributed by atoms with Crippen LogP contribution in [0.25, 0.3) is 107 Å². The lowest BCUT2D eigenvalue weighted by atomic mass is 9.85. The highest BCUT2D eigenvalue weighted by Crippen LogP contribution is 2.44. The fourth-order valence-electron chi connectivity index (χ4n) is 8.15. The van der Waals surface area contributed by atoms with Crippen LogP contribution in [-0.4, -0.2) is 24.5 Å². The number of hydrogen-bond donors (Lipinski definition) is 0. The summed E-state index contributed by atoms with van der Waals surface area (Å²) in [6.07, 6.45) is 7.47. The summed E-state index contributed by atoms with van der Waals surface area (Å²) in [6.45, 7) is 8.76. The number of fused-ring (bicyclic) bond motifs is 4. The first-order chi connectivity index (χ1) is 28.2. The molecule has 0 saturated heterocycles. The largest absolute Gasteiger partial charge is 0.309 e. The van der Waals surface area contributed by atoms with Crippen LogP contribution in [0, 0.1) is 0 Å². The van der Waals surface area contributed by atoms with Crippen molar-refractivity contribution in [2.24, 2.45) is 0 Å². The van der Waals surface area contributed by atoms with Crippen molar-refractivity contribution in [3.63, 3.8) is 0 Å². The Balaban J connectivity index is 1.22. The lowest BCUT2D eigenvalue weighted by Crippen LogP contribution is -2.03. The highest BCUT2D eigenvalue weighted by Gasteiger charge is 2.23. The van der Waals surface area contributed by atoms with Gasteiger partial charge in [0.1, 0.15) is 0 Å². The van der Waals surface area contributed by atoms with E-state index in [-0.39, 0.29) is 0 Å². The molecule has 57 heavy (non-hydrogen) atoms. The van der Waals surface area contributed by atoms with Gasteiger partial charge < -0.3 is 4.57 Å². The molecule has 0 radical (unpaired) electrons. The van der Waals surface area contributed by atoms with Crippen LogP contribution in [0.2, 0.25) is 0 Å². The van der Waals surface area contributed by atoms with Crippen LogP contribution in [0.3, 0.4) is 0 Å². The normalized spacial score (nSPS) is 11.3. The summed E-state index contributed by atoms with van der Waals surface area (Å²) in [7, 11) is 0. The molecule has 7 aromatic carbocycles. The fraction of sp³-hybridized carbons (Fsp3) is 0. The lowest BCUT2D eigenvalue weighted by Gasteiger charge is -2.20. The summed E-state index contributed by atoms with van der Waals surface area (Å²) in [5.74, 6) is 1.74. The van der Waals surface area contributed by atoms with Gasteiger partial charge in [-0.05, 0) is 92.7 Å². The van der Waals surface area contributed by atoms with E-state index in [4.69, 9.17) is 15.0 Å². The molecule has 0 fully saturated rings. The first-order valence-electron chi connectivity index (χ1n) is 19.0. The highest BCUT2D eigenvalue weighted by atomic mass is 15.0. The Bertz CT molecular complexity index is 3150. The maximum absolute atomic E-state index is 5.26. The van der Waals surface area contributed by atoms with Gasteiger partial charge in [-0.3, -0.25) is 4.98 Å². The Hall–Kier alpha value is -7.76. The first kappa shape index (κ1) is 33.8. The summed E-state index contributed by atoms with van der Waals surface area (Å²) in [5.41, 5.74) is 12.3. The first-order valence-corrected chi connectivity index (χ1v) is 19.0. The van der Waals surface area contributed by atoms with Crippen molar-refractivity contribution in [2.45, 2.75) is 0 Å². The molecule has 3 aromatic heterocycles. The van der Waals surface area contributed by atoms with Gasteiger partial charge in [0, 0.05) is 45.5 Å². The van der Waals surface area contributed by atoms with E-state index in [1.54, 1.807) is 12.4 Å². The van der Waals surface area contributed by atoms with Crippen molar-refractivity contribution in [1.29, 1.82) is 0 Å². The van der Waals surface area contributed by atoms with Gasteiger partial charge >= 0.3 is 0 Å². The molecular formula is C52H35N5. The molecular weight excluding hydrogens is 695 g/mol. The third kappa shape index (κ3) is 5.81. The average Bonchev–Trinajstić information content (AvgIpc) is 3.62. The van der Waals surface area contributed by atoms with Crippen LogP contribution in [0.4, 0.5) is 0 Å². The van der Waals surface area contributed by atoms with Gasteiger partial charge in [-0.15, -0.1) is 0 Å². The van der Waals surface area contributed by atoms with Crippen molar-refractivity contribution in [3.05, 3.63) is 200 Å². The number of benzene rings is 7. The number of hydrogen-bond acceptors (Lipinski definition) is 4. The number of nitrogens with zero attached hydrogens (tertiary/aromatic N) is 5. The van der Waals surface area contributed by atoms with E-state index in [0.717, 1.165) is 77.6 Å². The molecule has 10 aromatic rings. The van der Waals surface area contributed by atoms with Crippen molar-refractivity contribution >= 4 is 44.7 Å². The topological polar surface area (TPSA) is 56.5 Å². The second-order valence-corrected chi connectivity index (χ2v) is 13.9. The minimum atomic E-state index is 0.565. The third-order valence-corrected chi connectivity index (χ3v) is 10.7. The van der Waals surface area contributed by atoms with E-state index in [9.17, 15) is 0 Å². The minimum absolute atomic E-state index is 0.565.